The molecule has 7 nitrogen and oxygen atoms in total. The number of rotatable bonds is 4. The number of hydrazone groups is 1. The minimum absolute atomic E-state index is 0.0805. The largest absolute Gasteiger partial charge is 0.497 e. The number of anilines is 1. The molecule has 2 aromatic rings. The summed E-state index contributed by atoms with van der Waals surface area (Å²) in [4.78, 5) is 16.5. The number of aliphatic hydroxyl groups is 1. The van der Waals surface area contributed by atoms with Crippen LogP contribution < -0.4 is 9.75 Å². The Balaban J connectivity index is 1.92. The van der Waals surface area contributed by atoms with Crippen molar-refractivity contribution in [3.8, 4) is 17.0 Å². The summed E-state index contributed by atoms with van der Waals surface area (Å²) >= 11 is 1.29. The Bertz CT molecular complexity index is 787. The first-order valence-electron chi connectivity index (χ1n) is 7.23. The maximum atomic E-state index is 12.0. The summed E-state index contributed by atoms with van der Waals surface area (Å²) in [5.41, 5.74) is 0.405. The van der Waals surface area contributed by atoms with Gasteiger partial charge in [0, 0.05) is 23.1 Å². The fraction of sp³-hybridized carbons (Fsp3) is 0.312. The van der Waals surface area contributed by atoms with E-state index in [2.05, 4.69) is 10.1 Å². The summed E-state index contributed by atoms with van der Waals surface area (Å²) in [7, 11) is 2.84. The summed E-state index contributed by atoms with van der Waals surface area (Å²) in [5.74, 6) is -0.00154. The summed E-state index contributed by atoms with van der Waals surface area (Å²) < 4.78 is 9.85. The first-order valence-corrected chi connectivity index (χ1v) is 8.11. The molecule has 0 saturated heterocycles. The normalized spacial score (nSPS) is 20.0. The lowest BCUT2D eigenvalue weighted by Gasteiger charge is -2.27. The number of carbonyl (C=O) groups excluding carboxylic acids is 1. The molecule has 3 rings (SSSR count). The van der Waals surface area contributed by atoms with Crippen molar-refractivity contribution in [1.29, 1.82) is 0 Å². The van der Waals surface area contributed by atoms with E-state index < -0.39 is 11.7 Å². The Morgan fingerprint density at radius 1 is 1.33 bits per heavy atom. The van der Waals surface area contributed by atoms with Crippen molar-refractivity contribution < 1.29 is 19.4 Å². The topological polar surface area (TPSA) is 84.3 Å². The molecular weight excluding hydrogens is 330 g/mol. The molecule has 0 spiro atoms. The summed E-state index contributed by atoms with van der Waals surface area (Å²) in [5, 5.41) is 18.4. The van der Waals surface area contributed by atoms with Crippen LogP contribution in [-0.4, -0.2) is 41.7 Å². The standard InChI is InChI=1S/C16H17N3O4S/c1-10-8-16(21,14(20)23-3)19(18-10)15-17-13(9-24-15)11-4-6-12(22-2)7-5-11/h4-7,9,21H,8H2,1-3H3/t16-/m1/s1. The monoisotopic (exact) mass is 347 g/mol. The van der Waals surface area contributed by atoms with Gasteiger partial charge in [-0.25, -0.2) is 9.78 Å². The number of benzene rings is 1. The molecule has 0 amide bonds. The van der Waals surface area contributed by atoms with Crippen LogP contribution >= 0.6 is 11.3 Å². The van der Waals surface area contributed by atoms with Crippen molar-refractivity contribution in [2.24, 2.45) is 5.10 Å². The Morgan fingerprint density at radius 3 is 2.67 bits per heavy atom. The molecule has 0 saturated carbocycles. The van der Waals surface area contributed by atoms with Crippen LogP contribution in [-0.2, 0) is 9.53 Å². The van der Waals surface area contributed by atoms with E-state index in [4.69, 9.17) is 9.47 Å². The summed E-state index contributed by atoms with van der Waals surface area (Å²) in [6.45, 7) is 1.74. The summed E-state index contributed by atoms with van der Waals surface area (Å²) in [6, 6.07) is 7.47. The number of carbonyl (C=O) groups is 1. The second-order valence-electron chi connectivity index (χ2n) is 5.38. The van der Waals surface area contributed by atoms with Crippen molar-refractivity contribution >= 4 is 28.1 Å². The van der Waals surface area contributed by atoms with E-state index >= 15 is 0 Å². The third-order valence-electron chi connectivity index (χ3n) is 3.69. The lowest BCUT2D eigenvalue weighted by atomic mass is 10.1. The third kappa shape index (κ3) is 2.74. The second kappa shape index (κ2) is 6.21. The molecule has 8 heteroatoms. The minimum Gasteiger partial charge on any atom is -0.497 e. The van der Waals surface area contributed by atoms with Crippen LogP contribution in [0.25, 0.3) is 11.3 Å². The minimum atomic E-state index is -1.85. The van der Waals surface area contributed by atoms with Crippen molar-refractivity contribution in [2.75, 3.05) is 19.2 Å². The molecule has 126 valence electrons. The predicted octanol–water partition coefficient (Wildman–Crippen LogP) is 2.27. The molecule has 2 heterocycles. The van der Waals surface area contributed by atoms with Crippen molar-refractivity contribution in [3.05, 3.63) is 29.6 Å². The van der Waals surface area contributed by atoms with Gasteiger partial charge in [0.05, 0.1) is 19.9 Å². The number of aromatic nitrogens is 1. The van der Waals surface area contributed by atoms with Crippen molar-refractivity contribution in [2.45, 2.75) is 19.1 Å². The fourth-order valence-corrected chi connectivity index (χ4v) is 3.35. The van der Waals surface area contributed by atoms with Crippen LogP contribution in [0.4, 0.5) is 5.13 Å². The van der Waals surface area contributed by atoms with Crippen LogP contribution in [0.1, 0.15) is 13.3 Å². The maximum absolute atomic E-state index is 12.0. The van der Waals surface area contributed by atoms with E-state index in [0.29, 0.717) is 10.8 Å². The second-order valence-corrected chi connectivity index (χ2v) is 6.21. The molecule has 0 radical (unpaired) electrons. The average molecular weight is 347 g/mol. The third-order valence-corrected chi connectivity index (χ3v) is 4.51. The van der Waals surface area contributed by atoms with Gasteiger partial charge in [0.15, 0.2) is 0 Å². The Labute approximate surface area is 143 Å². The highest BCUT2D eigenvalue weighted by Crippen LogP contribution is 2.36. The van der Waals surface area contributed by atoms with E-state index in [9.17, 15) is 9.90 Å². The van der Waals surface area contributed by atoms with Gasteiger partial charge in [-0.2, -0.15) is 10.1 Å². The molecule has 1 atom stereocenters. The highest BCUT2D eigenvalue weighted by Gasteiger charge is 2.49. The van der Waals surface area contributed by atoms with Crippen LogP contribution in [0.5, 0.6) is 5.75 Å². The van der Waals surface area contributed by atoms with Gasteiger partial charge in [0.25, 0.3) is 5.72 Å². The zero-order valence-electron chi connectivity index (χ0n) is 13.5. The zero-order valence-corrected chi connectivity index (χ0v) is 14.3. The van der Waals surface area contributed by atoms with Gasteiger partial charge >= 0.3 is 5.97 Å². The van der Waals surface area contributed by atoms with Crippen LogP contribution in [0.2, 0.25) is 0 Å². The van der Waals surface area contributed by atoms with Crippen LogP contribution in [0.3, 0.4) is 0 Å². The van der Waals surface area contributed by atoms with Gasteiger partial charge in [0.2, 0.25) is 5.13 Å². The number of hydrogen-bond acceptors (Lipinski definition) is 8. The Morgan fingerprint density at radius 2 is 2.04 bits per heavy atom. The molecule has 0 unspecified atom stereocenters. The SMILES string of the molecule is COC(=O)[C@]1(O)CC(C)=NN1c1nc(-c2ccc(OC)cc2)cs1. The maximum Gasteiger partial charge on any atom is 0.361 e. The Hall–Kier alpha value is -2.45. The number of ether oxygens (including phenoxy) is 2. The highest BCUT2D eigenvalue weighted by atomic mass is 32.1. The number of hydrogen-bond donors (Lipinski definition) is 1. The molecule has 24 heavy (non-hydrogen) atoms. The van der Waals surface area contributed by atoms with E-state index in [1.165, 1.54) is 23.5 Å². The van der Waals surface area contributed by atoms with E-state index in [1.54, 1.807) is 14.0 Å². The van der Waals surface area contributed by atoms with Gasteiger partial charge in [0.1, 0.15) is 5.75 Å². The molecule has 1 aromatic heterocycles. The average Bonchev–Trinajstić information content (AvgIpc) is 3.19. The molecule has 0 aliphatic carbocycles. The van der Waals surface area contributed by atoms with Gasteiger partial charge in [-0.1, -0.05) is 0 Å². The fourth-order valence-electron chi connectivity index (χ4n) is 2.50. The number of nitrogens with zero attached hydrogens (tertiary/aromatic N) is 3. The smallest absolute Gasteiger partial charge is 0.361 e. The van der Waals surface area contributed by atoms with E-state index in [0.717, 1.165) is 17.0 Å². The quantitative estimate of drug-likeness (QED) is 0.854. The first kappa shape index (κ1) is 16.4. The molecule has 0 fully saturated rings. The Kier molecular flexibility index (Phi) is 4.25. The predicted molar refractivity (Wildman–Crippen MR) is 91.3 cm³/mol. The molecule has 1 aromatic carbocycles. The summed E-state index contributed by atoms with van der Waals surface area (Å²) in [6.07, 6.45) is 0.0805. The van der Waals surface area contributed by atoms with Gasteiger partial charge in [-0.3, -0.25) is 0 Å². The molecule has 0 bridgehead atoms. The van der Waals surface area contributed by atoms with Crippen LogP contribution in [0.15, 0.2) is 34.7 Å². The zero-order chi connectivity index (χ0) is 17.3. The van der Waals surface area contributed by atoms with Crippen molar-refractivity contribution in [3.63, 3.8) is 0 Å². The number of methoxy groups -OCH3 is 2. The van der Waals surface area contributed by atoms with E-state index in [1.807, 2.05) is 29.6 Å². The molecule has 1 aliphatic heterocycles. The number of thiazole rings is 1. The lowest BCUT2D eigenvalue weighted by Crippen LogP contribution is -2.50. The first-order chi connectivity index (χ1) is 11.5. The van der Waals surface area contributed by atoms with Crippen LogP contribution in [0, 0.1) is 0 Å². The highest BCUT2D eigenvalue weighted by molar-refractivity contribution is 7.14. The van der Waals surface area contributed by atoms with Gasteiger partial charge in [-0.05, 0) is 31.2 Å². The molecular formula is C16H17N3O4S. The van der Waals surface area contributed by atoms with Crippen molar-refractivity contribution in [1.82, 2.24) is 4.98 Å². The van der Waals surface area contributed by atoms with Gasteiger partial charge in [-0.15, -0.1) is 11.3 Å². The molecule has 1 aliphatic rings. The lowest BCUT2D eigenvalue weighted by molar-refractivity contribution is -0.160. The number of esters is 1. The van der Waals surface area contributed by atoms with E-state index in [-0.39, 0.29) is 6.42 Å². The molecule has 1 N–H and O–H groups in total. The van der Waals surface area contributed by atoms with Gasteiger partial charge < -0.3 is 14.6 Å².